The van der Waals surface area contributed by atoms with E-state index in [0.29, 0.717) is 41.7 Å². The quantitative estimate of drug-likeness (QED) is 0.142. The number of carbonyl (C=O) groups is 1. The van der Waals surface area contributed by atoms with Crippen molar-refractivity contribution in [2.24, 2.45) is 11.1 Å². The van der Waals surface area contributed by atoms with Gasteiger partial charge >= 0.3 is 0 Å². The van der Waals surface area contributed by atoms with E-state index >= 15 is 0 Å². The molecule has 4 aromatic rings. The van der Waals surface area contributed by atoms with Gasteiger partial charge in [0.2, 0.25) is 11.9 Å². The molecule has 4 aliphatic heterocycles. The molecule has 0 saturated carbocycles. The van der Waals surface area contributed by atoms with Gasteiger partial charge in [-0.15, -0.1) is 0 Å². The van der Waals surface area contributed by atoms with Crippen LogP contribution in [-0.2, 0) is 16.8 Å². The van der Waals surface area contributed by atoms with Gasteiger partial charge < -0.3 is 45.3 Å². The molecule has 4 aliphatic rings. The van der Waals surface area contributed by atoms with E-state index in [9.17, 15) is 25.2 Å². The van der Waals surface area contributed by atoms with Crippen molar-refractivity contribution in [3.8, 4) is 11.5 Å². The monoisotopic (exact) mass is 752 g/mol. The number of anilines is 1. The van der Waals surface area contributed by atoms with Gasteiger partial charge in [0.15, 0.2) is 0 Å². The first-order chi connectivity index (χ1) is 26.4. The Labute approximate surface area is 319 Å². The van der Waals surface area contributed by atoms with E-state index < -0.39 is 36.9 Å². The molecule has 55 heavy (non-hydrogen) atoms. The lowest BCUT2D eigenvalue weighted by Crippen LogP contribution is -2.66. The lowest BCUT2D eigenvalue weighted by atomic mass is 9.78. The van der Waals surface area contributed by atoms with Gasteiger partial charge in [0.05, 0.1) is 30.4 Å². The zero-order valence-electron chi connectivity index (χ0n) is 31.0. The maximum atomic E-state index is 11.7. The number of rotatable bonds is 12. The molecule has 14 nitrogen and oxygen atoms in total. The second-order valence-electron chi connectivity index (χ2n) is 15.7. The van der Waals surface area contributed by atoms with Gasteiger partial charge in [0.1, 0.15) is 49.6 Å². The predicted molar refractivity (Wildman–Crippen MR) is 201 cm³/mol. The summed E-state index contributed by atoms with van der Waals surface area (Å²) in [7, 11) is 0. The molecular formula is C41H48N6O8. The van der Waals surface area contributed by atoms with Crippen molar-refractivity contribution in [2.75, 3.05) is 44.4 Å². The van der Waals surface area contributed by atoms with Crippen LogP contribution in [0.25, 0.3) is 0 Å². The minimum absolute atomic E-state index is 0.184. The highest BCUT2D eigenvalue weighted by Crippen LogP contribution is 2.44. The number of nitrogens with zero attached hydrogens (tertiary/aromatic N) is 5. The summed E-state index contributed by atoms with van der Waals surface area (Å²) >= 11 is 0. The average Bonchev–Trinajstić information content (AvgIpc) is 3.39. The van der Waals surface area contributed by atoms with Gasteiger partial charge in [-0.2, -0.15) is 0 Å². The Kier molecular flexibility index (Phi) is 10.0. The minimum atomic E-state index is -1.26. The largest absolute Gasteiger partial charge is 0.492 e. The topological polar surface area (TPSA) is 187 Å². The van der Waals surface area contributed by atoms with Gasteiger partial charge in [-0.25, -0.2) is 19.8 Å². The van der Waals surface area contributed by atoms with Crippen LogP contribution in [0.4, 0.5) is 5.95 Å². The molecule has 1 aromatic heterocycles. The van der Waals surface area contributed by atoms with Crippen molar-refractivity contribution in [1.82, 2.24) is 19.8 Å². The molecule has 14 heteroatoms. The summed E-state index contributed by atoms with van der Waals surface area (Å²) in [5.41, 5.74) is 9.46. The van der Waals surface area contributed by atoms with Crippen molar-refractivity contribution in [3.05, 3.63) is 113 Å². The van der Waals surface area contributed by atoms with Gasteiger partial charge in [-0.05, 0) is 66.4 Å². The first kappa shape index (κ1) is 37.3. The third-order valence-corrected chi connectivity index (χ3v) is 11.7. The molecule has 0 bridgehead atoms. The fraction of sp³-hybridized carbons (Fsp3) is 0.439. The molecule has 5 heterocycles. The minimum Gasteiger partial charge on any atom is -0.492 e. The Morgan fingerprint density at radius 3 is 2.18 bits per heavy atom. The van der Waals surface area contributed by atoms with E-state index in [1.807, 2.05) is 42.5 Å². The number of ether oxygens (including phenoxy) is 3. The van der Waals surface area contributed by atoms with E-state index in [-0.39, 0.29) is 24.1 Å². The Morgan fingerprint density at radius 2 is 1.55 bits per heavy atom. The van der Waals surface area contributed by atoms with E-state index in [4.69, 9.17) is 24.9 Å². The summed E-state index contributed by atoms with van der Waals surface area (Å²) in [4.78, 5) is 26.0. The van der Waals surface area contributed by atoms with Crippen molar-refractivity contribution in [3.63, 3.8) is 0 Å². The molecule has 5 unspecified atom stereocenters. The number of fused-ring (bicyclic) bond motifs is 1. The number of benzene rings is 3. The number of likely N-dealkylation sites (tertiary alicyclic amines) is 1. The van der Waals surface area contributed by atoms with E-state index in [0.717, 1.165) is 54.8 Å². The van der Waals surface area contributed by atoms with Crippen LogP contribution in [0.3, 0.4) is 0 Å². The highest BCUT2D eigenvalue weighted by atomic mass is 16.5. The highest BCUT2D eigenvalue weighted by Gasteiger charge is 2.50. The van der Waals surface area contributed by atoms with Crippen LogP contribution >= 0.6 is 0 Å². The van der Waals surface area contributed by atoms with Crippen molar-refractivity contribution >= 4 is 11.9 Å². The Balaban J connectivity index is 0.834. The van der Waals surface area contributed by atoms with Crippen LogP contribution < -0.4 is 20.1 Å². The van der Waals surface area contributed by atoms with Crippen molar-refractivity contribution in [2.45, 2.75) is 69.7 Å². The number of piperidine rings is 1. The summed E-state index contributed by atoms with van der Waals surface area (Å²) in [6.07, 6.45) is -2.17. The van der Waals surface area contributed by atoms with Crippen LogP contribution in [0.5, 0.6) is 11.5 Å². The van der Waals surface area contributed by atoms with Gasteiger partial charge in [0, 0.05) is 47.9 Å². The summed E-state index contributed by atoms with van der Waals surface area (Å²) in [6.45, 7) is 8.56. The SMILES string of the molecule is CC(C)(c1ccc(OCCN2C(O)CCC(N3C(O)c4ccc(C(N)=O)cc4C3O)C2O)cc1)c1ccc(OCc2ccnc(N3CC4(COC4)C3)n2)cc1. The molecule has 1 spiro atoms. The van der Waals surface area contributed by atoms with E-state index in [2.05, 4.69) is 35.9 Å². The highest BCUT2D eigenvalue weighted by molar-refractivity contribution is 5.93. The zero-order valence-corrected chi connectivity index (χ0v) is 31.0. The molecule has 1 amide bonds. The van der Waals surface area contributed by atoms with Crippen LogP contribution in [0.15, 0.2) is 79.0 Å². The molecule has 3 aromatic carbocycles. The Hall–Kier alpha value is -4.67. The molecule has 3 fully saturated rings. The third kappa shape index (κ3) is 7.15. The lowest BCUT2D eigenvalue weighted by molar-refractivity contribution is -0.210. The van der Waals surface area contributed by atoms with Gasteiger partial charge in [0.25, 0.3) is 0 Å². The first-order valence-corrected chi connectivity index (χ1v) is 18.7. The van der Waals surface area contributed by atoms with Crippen molar-refractivity contribution < 1.29 is 39.4 Å². The average molecular weight is 753 g/mol. The van der Waals surface area contributed by atoms with E-state index in [1.165, 1.54) is 21.9 Å². The number of aromatic nitrogens is 2. The van der Waals surface area contributed by atoms with E-state index in [1.54, 1.807) is 12.3 Å². The number of carbonyl (C=O) groups excluding carboxylic acids is 1. The van der Waals surface area contributed by atoms with Gasteiger partial charge in [-0.3, -0.25) is 4.79 Å². The second-order valence-corrected chi connectivity index (χ2v) is 15.7. The lowest BCUT2D eigenvalue weighted by Gasteiger charge is -2.54. The number of primary amides is 1. The summed E-state index contributed by atoms with van der Waals surface area (Å²) in [5.74, 6) is 1.49. The molecule has 5 atom stereocenters. The summed E-state index contributed by atoms with van der Waals surface area (Å²) in [5, 5.41) is 44.4. The smallest absolute Gasteiger partial charge is 0.248 e. The molecule has 3 saturated heterocycles. The number of hydrogen-bond donors (Lipinski definition) is 5. The summed E-state index contributed by atoms with van der Waals surface area (Å²) in [6, 6.07) is 21.7. The summed E-state index contributed by atoms with van der Waals surface area (Å²) < 4.78 is 17.5. The number of nitrogens with two attached hydrogens (primary N) is 1. The maximum Gasteiger partial charge on any atom is 0.248 e. The molecule has 8 rings (SSSR count). The number of aliphatic hydroxyl groups excluding tert-OH is 4. The standard InChI is InChI=1S/C41H48N6O8/c1-40(2,27-6-10-30(11-7-27)55-20-28-15-16-43-39(44-28)45-21-41(22-45)23-53-24-41)26-4-8-29(9-5-26)54-18-17-46-34(48)14-13-33(38(46)52)47-36(50)31-12-3-25(35(42)49)19-32(31)37(47)51/h3-12,15-16,19,33-34,36-38,48,50-52H,13-14,17-18,20-24H2,1-2H3,(H2,42,49). The third-order valence-electron chi connectivity index (χ3n) is 11.7. The second kappa shape index (κ2) is 14.8. The van der Waals surface area contributed by atoms with Crippen LogP contribution in [0.2, 0.25) is 0 Å². The van der Waals surface area contributed by atoms with Crippen LogP contribution in [0, 0.1) is 5.41 Å². The van der Waals surface area contributed by atoms with Gasteiger partial charge in [-0.1, -0.05) is 44.2 Å². The molecule has 6 N–H and O–H groups in total. The van der Waals surface area contributed by atoms with Crippen LogP contribution in [0.1, 0.15) is 77.5 Å². The van der Waals surface area contributed by atoms with Crippen molar-refractivity contribution in [1.29, 1.82) is 0 Å². The van der Waals surface area contributed by atoms with Crippen LogP contribution in [-0.4, -0.2) is 104 Å². The molecule has 0 radical (unpaired) electrons. The maximum absolute atomic E-state index is 11.7. The molecule has 0 aliphatic carbocycles. The number of hydrogen-bond acceptors (Lipinski definition) is 13. The first-order valence-electron chi connectivity index (χ1n) is 18.7. The fourth-order valence-corrected chi connectivity index (χ4v) is 8.24. The predicted octanol–water partition coefficient (Wildman–Crippen LogP) is 2.79. The Bertz CT molecular complexity index is 2000. The zero-order chi connectivity index (χ0) is 38.5. The fourth-order valence-electron chi connectivity index (χ4n) is 8.24. The normalized spacial score (nSPS) is 24.9. The molecular weight excluding hydrogens is 704 g/mol. The molecule has 290 valence electrons. The number of aliphatic hydroxyl groups is 4. The Morgan fingerprint density at radius 1 is 0.891 bits per heavy atom. The number of amides is 1.